The van der Waals surface area contributed by atoms with Gasteiger partial charge in [-0.2, -0.15) is 0 Å². The minimum absolute atomic E-state index is 0. The highest BCUT2D eigenvalue weighted by Crippen LogP contribution is 2.08. The molecule has 0 N–H and O–H groups in total. The fourth-order valence-corrected chi connectivity index (χ4v) is 1.44. The first-order valence-electron chi connectivity index (χ1n) is 3.26. The Labute approximate surface area is 74.2 Å². The SMILES string of the molecule is S=C([S-])N1CCCCC1.[CH3+]. The van der Waals surface area contributed by atoms with Gasteiger partial charge in [0.15, 0.2) is 0 Å². The third-order valence-electron chi connectivity index (χ3n) is 1.61. The third kappa shape index (κ3) is 2.71. The summed E-state index contributed by atoms with van der Waals surface area (Å²) in [5.41, 5.74) is 0. The van der Waals surface area contributed by atoms with Crippen molar-refractivity contribution in [3.05, 3.63) is 7.43 Å². The van der Waals surface area contributed by atoms with E-state index in [1.165, 1.54) is 19.3 Å². The lowest BCUT2D eigenvalue weighted by Gasteiger charge is -2.31. The smallest absolute Gasteiger partial charge is 0.0467 e. The normalized spacial score (nSPS) is 17.8. The van der Waals surface area contributed by atoms with E-state index in [-0.39, 0.29) is 7.43 Å². The van der Waals surface area contributed by atoms with Gasteiger partial charge in [-0.25, -0.2) is 0 Å². The molecule has 0 atom stereocenters. The fraction of sp³-hybridized carbons (Fsp3) is 0.714. The van der Waals surface area contributed by atoms with Crippen LogP contribution in [-0.4, -0.2) is 22.3 Å². The molecule has 0 aromatic carbocycles. The van der Waals surface area contributed by atoms with Crippen LogP contribution in [0.2, 0.25) is 0 Å². The molecule has 58 valence electrons. The zero-order chi connectivity index (χ0) is 6.69. The minimum Gasteiger partial charge on any atom is -0.411 e. The summed E-state index contributed by atoms with van der Waals surface area (Å²) in [6.45, 7) is 2.17. The Morgan fingerprint density at radius 2 is 1.70 bits per heavy atom. The van der Waals surface area contributed by atoms with Gasteiger partial charge in [-0.15, -0.1) is 0 Å². The summed E-state index contributed by atoms with van der Waals surface area (Å²) in [6.07, 6.45) is 3.86. The van der Waals surface area contributed by atoms with Crippen LogP contribution in [0.3, 0.4) is 0 Å². The van der Waals surface area contributed by atoms with Gasteiger partial charge in [0, 0.05) is 20.5 Å². The maximum Gasteiger partial charge on any atom is 0.0467 e. The Kier molecular flexibility index (Phi) is 4.73. The molecule has 1 saturated heterocycles. The number of nitrogens with zero attached hydrogens (tertiary/aromatic N) is 1. The van der Waals surface area contributed by atoms with Crippen LogP contribution >= 0.6 is 12.2 Å². The molecule has 0 amide bonds. The first-order chi connectivity index (χ1) is 4.30. The van der Waals surface area contributed by atoms with E-state index in [4.69, 9.17) is 24.8 Å². The number of piperidine rings is 1. The lowest BCUT2D eigenvalue weighted by Crippen LogP contribution is -2.32. The summed E-state index contributed by atoms with van der Waals surface area (Å²) in [7, 11) is 0. The molecular formula is C7H13NS2. The van der Waals surface area contributed by atoms with Crippen molar-refractivity contribution >= 4 is 29.2 Å². The van der Waals surface area contributed by atoms with Crippen molar-refractivity contribution in [2.24, 2.45) is 0 Å². The van der Waals surface area contributed by atoms with Crippen molar-refractivity contribution < 1.29 is 0 Å². The lowest BCUT2D eigenvalue weighted by molar-refractivity contribution is 0.352. The van der Waals surface area contributed by atoms with Crippen molar-refractivity contribution in [3.63, 3.8) is 0 Å². The van der Waals surface area contributed by atoms with Crippen LogP contribution in [0.4, 0.5) is 0 Å². The van der Waals surface area contributed by atoms with E-state index in [0.29, 0.717) is 4.32 Å². The summed E-state index contributed by atoms with van der Waals surface area (Å²) in [6, 6.07) is 0. The second-order valence-corrected chi connectivity index (χ2v) is 3.35. The van der Waals surface area contributed by atoms with Gasteiger partial charge in [0.25, 0.3) is 0 Å². The molecule has 0 unspecified atom stereocenters. The average molecular weight is 175 g/mol. The Morgan fingerprint density at radius 1 is 1.20 bits per heavy atom. The molecule has 0 aromatic heterocycles. The minimum atomic E-state index is 0. The molecule has 1 fully saturated rings. The van der Waals surface area contributed by atoms with E-state index in [0.717, 1.165) is 13.1 Å². The van der Waals surface area contributed by atoms with E-state index in [2.05, 4.69) is 4.90 Å². The largest absolute Gasteiger partial charge is 0.411 e. The maximum absolute atomic E-state index is 4.86. The molecule has 1 aliphatic rings. The molecule has 0 aromatic rings. The highest BCUT2D eigenvalue weighted by molar-refractivity contribution is 8.00. The van der Waals surface area contributed by atoms with Crippen molar-refractivity contribution in [1.82, 2.24) is 4.90 Å². The quantitative estimate of drug-likeness (QED) is 0.314. The van der Waals surface area contributed by atoms with Crippen LogP contribution in [0, 0.1) is 7.43 Å². The van der Waals surface area contributed by atoms with Gasteiger partial charge in [0.1, 0.15) is 0 Å². The van der Waals surface area contributed by atoms with Crippen LogP contribution < -0.4 is 0 Å². The molecule has 1 aliphatic heterocycles. The number of hydrogen-bond donors (Lipinski definition) is 0. The van der Waals surface area contributed by atoms with Gasteiger partial charge in [0.05, 0.1) is 0 Å². The van der Waals surface area contributed by atoms with Crippen molar-refractivity contribution in [3.8, 4) is 0 Å². The predicted octanol–water partition coefficient (Wildman–Crippen LogP) is 1.75. The highest BCUT2D eigenvalue weighted by Gasteiger charge is 2.05. The highest BCUT2D eigenvalue weighted by atomic mass is 32.1. The number of rotatable bonds is 0. The summed E-state index contributed by atoms with van der Waals surface area (Å²) < 4.78 is 0.648. The number of hydrogen-bond acceptors (Lipinski definition) is 2. The summed E-state index contributed by atoms with van der Waals surface area (Å²) >= 11 is 9.71. The zero-order valence-electron chi connectivity index (χ0n) is 6.30. The molecule has 10 heavy (non-hydrogen) atoms. The van der Waals surface area contributed by atoms with Gasteiger partial charge in [-0.1, -0.05) is 4.32 Å². The Morgan fingerprint density at radius 3 is 2.00 bits per heavy atom. The third-order valence-corrected chi connectivity index (χ3v) is 2.13. The van der Waals surface area contributed by atoms with Gasteiger partial charge in [-0.3, -0.25) is 0 Å². The molecule has 0 aliphatic carbocycles. The molecule has 0 saturated carbocycles. The van der Waals surface area contributed by atoms with E-state index >= 15 is 0 Å². The molecule has 0 radical (unpaired) electrons. The van der Waals surface area contributed by atoms with Crippen LogP contribution in [0.25, 0.3) is 0 Å². The molecule has 3 heteroatoms. The monoisotopic (exact) mass is 175 g/mol. The van der Waals surface area contributed by atoms with Crippen LogP contribution in [0.5, 0.6) is 0 Å². The van der Waals surface area contributed by atoms with Gasteiger partial charge in [-0.05, 0) is 19.3 Å². The molecule has 1 rings (SSSR count). The van der Waals surface area contributed by atoms with Crippen molar-refractivity contribution in [2.45, 2.75) is 19.3 Å². The van der Waals surface area contributed by atoms with Gasteiger partial charge in [0.2, 0.25) is 0 Å². The van der Waals surface area contributed by atoms with Crippen molar-refractivity contribution in [2.75, 3.05) is 13.1 Å². The topological polar surface area (TPSA) is 3.24 Å². The Hall–Kier alpha value is -0.0200. The van der Waals surface area contributed by atoms with Gasteiger partial charge < -0.3 is 29.7 Å². The number of thiocarbonyl (C=S) groups is 1. The maximum atomic E-state index is 4.86. The first kappa shape index (κ1) is 9.98. The predicted molar refractivity (Wildman–Crippen MR) is 51.8 cm³/mol. The average Bonchev–Trinajstić information content (AvgIpc) is 1.90. The Balaban J connectivity index is 0.000000810. The Bertz CT molecular complexity index is 108. The van der Waals surface area contributed by atoms with Crippen LogP contribution in [0.1, 0.15) is 19.3 Å². The van der Waals surface area contributed by atoms with E-state index in [1.54, 1.807) is 0 Å². The van der Waals surface area contributed by atoms with Gasteiger partial charge >= 0.3 is 0 Å². The molecule has 0 bridgehead atoms. The van der Waals surface area contributed by atoms with Crippen molar-refractivity contribution in [1.29, 1.82) is 0 Å². The molecule has 0 spiro atoms. The molecule has 1 nitrogen and oxygen atoms in total. The lowest BCUT2D eigenvalue weighted by atomic mass is 10.1. The molecular weight excluding hydrogens is 162 g/mol. The summed E-state index contributed by atoms with van der Waals surface area (Å²) in [5, 5.41) is 0. The molecule has 1 heterocycles. The standard InChI is InChI=1S/C6H11NS2.CH3/c8-6(9)7-4-2-1-3-5-7;/h1-5H2,(H,8,9);1H3/q;+1/p-1. The second-order valence-electron chi connectivity index (χ2n) is 2.31. The fourth-order valence-electron chi connectivity index (χ4n) is 1.08. The van der Waals surface area contributed by atoms with E-state index in [1.807, 2.05) is 0 Å². The second kappa shape index (κ2) is 4.74. The first-order valence-corrected chi connectivity index (χ1v) is 4.08. The van der Waals surface area contributed by atoms with Crippen LogP contribution in [-0.2, 0) is 12.6 Å². The number of likely N-dealkylation sites (tertiary alicyclic amines) is 1. The summed E-state index contributed by atoms with van der Waals surface area (Å²) in [5.74, 6) is 0. The van der Waals surface area contributed by atoms with E-state index < -0.39 is 0 Å². The summed E-state index contributed by atoms with van der Waals surface area (Å²) in [4.78, 5) is 2.11. The van der Waals surface area contributed by atoms with Crippen LogP contribution in [0.15, 0.2) is 0 Å². The zero-order valence-corrected chi connectivity index (χ0v) is 7.93. The van der Waals surface area contributed by atoms with E-state index in [9.17, 15) is 0 Å².